The van der Waals surface area contributed by atoms with Crippen molar-refractivity contribution in [1.29, 1.82) is 0 Å². The molecule has 0 saturated carbocycles. The highest BCUT2D eigenvalue weighted by molar-refractivity contribution is 7.11. The number of halogens is 1. The van der Waals surface area contributed by atoms with Gasteiger partial charge in [-0.15, -0.1) is 0 Å². The number of amides is 2. The van der Waals surface area contributed by atoms with Crippen LogP contribution in [0.4, 0.5) is 14.2 Å². The maximum atomic E-state index is 14.1. The first kappa shape index (κ1) is 24.7. The number of urea groups is 1. The van der Waals surface area contributed by atoms with E-state index in [1.807, 2.05) is 0 Å². The van der Waals surface area contributed by atoms with Gasteiger partial charge in [0.25, 0.3) is 0 Å². The Morgan fingerprint density at radius 3 is 2.79 bits per heavy atom. The SMILES string of the molecule is COc1ccc(COc2nsc(NC(=O)NCCCCN3CCOCC3)c2C(=O)O)c(F)c1. The Hall–Kier alpha value is -2.96. The van der Waals surface area contributed by atoms with Crippen molar-refractivity contribution >= 4 is 28.5 Å². The first-order chi connectivity index (χ1) is 16.0. The molecule has 33 heavy (non-hydrogen) atoms. The third-order valence-corrected chi connectivity index (χ3v) is 5.76. The minimum atomic E-state index is -1.31. The maximum Gasteiger partial charge on any atom is 0.344 e. The van der Waals surface area contributed by atoms with E-state index in [4.69, 9.17) is 14.2 Å². The molecule has 180 valence electrons. The van der Waals surface area contributed by atoms with E-state index in [2.05, 4.69) is 19.9 Å². The van der Waals surface area contributed by atoms with E-state index < -0.39 is 17.8 Å². The van der Waals surface area contributed by atoms with E-state index >= 15 is 0 Å². The van der Waals surface area contributed by atoms with Gasteiger partial charge in [-0.1, -0.05) is 0 Å². The Morgan fingerprint density at radius 2 is 2.09 bits per heavy atom. The summed E-state index contributed by atoms with van der Waals surface area (Å²) in [6, 6.07) is 3.72. The largest absolute Gasteiger partial charge is 0.497 e. The van der Waals surface area contributed by atoms with Gasteiger partial charge in [0.15, 0.2) is 5.56 Å². The van der Waals surface area contributed by atoms with Crippen molar-refractivity contribution in [2.45, 2.75) is 19.4 Å². The van der Waals surface area contributed by atoms with Gasteiger partial charge in [0.1, 0.15) is 23.2 Å². The molecule has 0 atom stereocenters. The molecule has 3 N–H and O–H groups in total. The van der Waals surface area contributed by atoms with E-state index in [1.165, 1.54) is 19.2 Å². The summed E-state index contributed by atoms with van der Waals surface area (Å²) in [5.41, 5.74) is -0.0687. The molecule has 2 heterocycles. The van der Waals surface area contributed by atoms with Gasteiger partial charge in [0, 0.05) is 31.3 Å². The summed E-state index contributed by atoms with van der Waals surface area (Å²) in [5, 5.41) is 14.8. The third kappa shape index (κ3) is 7.27. The summed E-state index contributed by atoms with van der Waals surface area (Å²) in [5.74, 6) is -1.69. The summed E-state index contributed by atoms with van der Waals surface area (Å²) in [6.45, 7) is 4.52. The molecule has 0 unspecified atom stereocenters. The topological polar surface area (TPSA) is 122 Å². The van der Waals surface area contributed by atoms with Gasteiger partial charge in [-0.3, -0.25) is 10.2 Å². The fraction of sp³-hybridized carbons (Fsp3) is 0.476. The molecule has 1 aliphatic rings. The number of nitrogens with one attached hydrogen (secondary N) is 2. The van der Waals surface area contributed by atoms with Gasteiger partial charge in [-0.2, -0.15) is 4.37 Å². The predicted octanol–water partition coefficient (Wildman–Crippen LogP) is 2.80. The van der Waals surface area contributed by atoms with Crippen LogP contribution in [0.1, 0.15) is 28.8 Å². The van der Waals surface area contributed by atoms with E-state index in [-0.39, 0.29) is 28.6 Å². The number of ether oxygens (including phenoxy) is 3. The number of carbonyl (C=O) groups is 2. The fourth-order valence-corrected chi connectivity index (χ4v) is 3.92. The number of aromatic nitrogens is 1. The number of hydrogen-bond acceptors (Lipinski definition) is 8. The Bertz CT molecular complexity index is 951. The molecular weight excluding hydrogens is 455 g/mol. The van der Waals surface area contributed by atoms with Crippen molar-refractivity contribution in [3.8, 4) is 11.6 Å². The highest BCUT2D eigenvalue weighted by atomic mass is 32.1. The van der Waals surface area contributed by atoms with Gasteiger partial charge >= 0.3 is 12.0 Å². The van der Waals surface area contributed by atoms with Gasteiger partial charge in [0.05, 0.1) is 20.3 Å². The third-order valence-electron chi connectivity index (χ3n) is 5.02. The van der Waals surface area contributed by atoms with Crippen molar-refractivity contribution in [3.63, 3.8) is 0 Å². The molecule has 0 radical (unpaired) electrons. The van der Waals surface area contributed by atoms with Gasteiger partial charge in [0.2, 0.25) is 5.88 Å². The zero-order valence-electron chi connectivity index (χ0n) is 18.3. The number of benzene rings is 1. The molecule has 0 aliphatic carbocycles. The minimum absolute atomic E-state index is 0.0403. The highest BCUT2D eigenvalue weighted by Gasteiger charge is 2.23. The molecular formula is C21H27FN4O6S. The maximum absolute atomic E-state index is 14.1. The molecule has 1 saturated heterocycles. The summed E-state index contributed by atoms with van der Waals surface area (Å²) < 4.78 is 33.7. The molecule has 1 aliphatic heterocycles. The smallest absolute Gasteiger partial charge is 0.344 e. The second kappa shape index (κ2) is 12.3. The quantitative estimate of drug-likeness (QED) is 0.418. The zero-order chi connectivity index (χ0) is 23.6. The Kier molecular flexibility index (Phi) is 9.22. The molecule has 0 bridgehead atoms. The Labute approximate surface area is 194 Å². The van der Waals surface area contributed by atoms with Gasteiger partial charge < -0.3 is 24.6 Å². The van der Waals surface area contributed by atoms with E-state index in [1.54, 1.807) is 6.07 Å². The number of morpholine rings is 1. The molecule has 10 nitrogen and oxygen atoms in total. The van der Waals surface area contributed by atoms with Crippen LogP contribution < -0.4 is 20.1 Å². The van der Waals surface area contributed by atoms with Crippen LogP contribution in [0.25, 0.3) is 0 Å². The number of carbonyl (C=O) groups excluding carboxylic acids is 1. The van der Waals surface area contributed by atoms with Crippen LogP contribution in [0.15, 0.2) is 18.2 Å². The van der Waals surface area contributed by atoms with Crippen molar-refractivity contribution in [1.82, 2.24) is 14.6 Å². The van der Waals surface area contributed by atoms with Crippen LogP contribution in [0.3, 0.4) is 0 Å². The van der Waals surface area contributed by atoms with E-state index in [0.717, 1.165) is 57.2 Å². The van der Waals surface area contributed by atoms with Gasteiger partial charge in [-0.25, -0.2) is 14.0 Å². The number of rotatable bonds is 11. The fourth-order valence-electron chi connectivity index (χ4n) is 3.20. The number of hydrogen-bond donors (Lipinski definition) is 3. The molecule has 2 aromatic rings. The molecule has 2 amide bonds. The second-order valence-electron chi connectivity index (χ2n) is 7.29. The molecule has 1 aromatic carbocycles. The zero-order valence-corrected chi connectivity index (χ0v) is 19.1. The number of anilines is 1. The minimum Gasteiger partial charge on any atom is -0.497 e. The lowest BCUT2D eigenvalue weighted by atomic mass is 10.2. The summed E-state index contributed by atoms with van der Waals surface area (Å²) in [4.78, 5) is 26.2. The Morgan fingerprint density at radius 1 is 1.30 bits per heavy atom. The number of carboxylic acid groups (broad SMARTS) is 1. The Balaban J connectivity index is 1.48. The molecule has 1 aromatic heterocycles. The first-order valence-corrected chi connectivity index (χ1v) is 11.3. The van der Waals surface area contributed by atoms with Crippen LogP contribution in [0.5, 0.6) is 11.6 Å². The molecule has 12 heteroatoms. The van der Waals surface area contributed by atoms with Crippen molar-refractivity contribution in [2.24, 2.45) is 0 Å². The van der Waals surface area contributed by atoms with Crippen LogP contribution in [-0.4, -0.2) is 72.9 Å². The van der Waals surface area contributed by atoms with Crippen molar-refractivity contribution in [3.05, 3.63) is 35.1 Å². The monoisotopic (exact) mass is 482 g/mol. The summed E-state index contributed by atoms with van der Waals surface area (Å²) in [7, 11) is 1.43. The normalized spacial score (nSPS) is 14.0. The van der Waals surface area contributed by atoms with Crippen LogP contribution in [0.2, 0.25) is 0 Å². The lowest BCUT2D eigenvalue weighted by Crippen LogP contribution is -2.37. The number of carboxylic acids is 1. The first-order valence-electron chi connectivity index (χ1n) is 10.5. The van der Waals surface area contributed by atoms with Crippen molar-refractivity contribution in [2.75, 3.05) is 51.8 Å². The summed E-state index contributed by atoms with van der Waals surface area (Å²) in [6.07, 6.45) is 1.72. The molecule has 1 fully saturated rings. The summed E-state index contributed by atoms with van der Waals surface area (Å²) >= 11 is 0.781. The number of aromatic carboxylic acids is 1. The van der Waals surface area contributed by atoms with Crippen molar-refractivity contribution < 1.29 is 33.3 Å². The van der Waals surface area contributed by atoms with E-state index in [9.17, 15) is 19.1 Å². The molecule has 0 spiro atoms. The average molecular weight is 483 g/mol. The number of unbranched alkanes of at least 4 members (excludes halogenated alkanes) is 1. The van der Waals surface area contributed by atoms with Crippen LogP contribution in [0, 0.1) is 5.82 Å². The predicted molar refractivity (Wildman–Crippen MR) is 120 cm³/mol. The number of methoxy groups -OCH3 is 1. The second-order valence-corrected chi connectivity index (χ2v) is 8.06. The van der Waals surface area contributed by atoms with E-state index in [0.29, 0.717) is 12.3 Å². The number of nitrogens with zero attached hydrogens (tertiary/aromatic N) is 2. The van der Waals surface area contributed by atoms with Crippen LogP contribution >= 0.6 is 11.5 Å². The van der Waals surface area contributed by atoms with Gasteiger partial charge in [-0.05, 0) is 43.1 Å². The average Bonchev–Trinajstić information content (AvgIpc) is 3.21. The standard InChI is InChI=1S/C21H27FN4O6S/c1-30-15-5-4-14(16(22)12-15)13-32-18-17(20(27)28)19(33-25-18)24-21(29)23-6-2-3-7-26-8-10-31-11-9-26/h4-5,12H,2-3,6-11,13H2,1H3,(H,27,28)(H2,23,24,29). The van der Waals surface area contributed by atoms with Crippen LogP contribution in [-0.2, 0) is 11.3 Å². The highest BCUT2D eigenvalue weighted by Crippen LogP contribution is 2.31. The molecule has 3 rings (SSSR count). The lowest BCUT2D eigenvalue weighted by molar-refractivity contribution is 0.0372. The lowest BCUT2D eigenvalue weighted by Gasteiger charge is -2.26.